The quantitative estimate of drug-likeness (QED) is 0.760. The number of alkyl halides is 1. The van der Waals surface area contributed by atoms with Gasteiger partial charge in [0, 0.05) is 7.11 Å². The van der Waals surface area contributed by atoms with Crippen molar-refractivity contribution in [2.24, 2.45) is 5.73 Å². The lowest BCUT2D eigenvalue weighted by molar-refractivity contribution is 0.0720. The molecule has 0 unspecified atom stereocenters. The minimum absolute atomic E-state index is 0.106. The minimum atomic E-state index is -3.48. The molecule has 0 bridgehead atoms. The van der Waals surface area contributed by atoms with Crippen LogP contribution in [0.5, 0.6) is 0 Å². The Morgan fingerprint density at radius 3 is 2.37 bits per heavy atom. The number of nitrogens with two attached hydrogens (primary N) is 1. The molecule has 0 fully saturated rings. The van der Waals surface area contributed by atoms with E-state index < -0.39 is 35.3 Å². The number of benzene rings is 1. The summed E-state index contributed by atoms with van der Waals surface area (Å²) in [5.41, 5.74) is 6.19. The van der Waals surface area contributed by atoms with E-state index in [-0.39, 0.29) is 10.6 Å². The van der Waals surface area contributed by atoms with E-state index in [1.807, 2.05) is 0 Å². The second kappa shape index (κ2) is 6.95. The SMILES string of the molecule is CO[C@H](c1ccc(S(=O)(=O)CCO)cc1)[C@H](N)CF. The van der Waals surface area contributed by atoms with Crippen molar-refractivity contribution in [1.82, 2.24) is 0 Å². The molecule has 108 valence electrons. The lowest BCUT2D eigenvalue weighted by Crippen LogP contribution is -2.31. The summed E-state index contributed by atoms with van der Waals surface area (Å²) >= 11 is 0. The van der Waals surface area contributed by atoms with E-state index in [0.717, 1.165) is 0 Å². The fourth-order valence-electron chi connectivity index (χ4n) is 1.74. The molecule has 2 atom stereocenters. The van der Waals surface area contributed by atoms with Gasteiger partial charge in [0.05, 0.1) is 29.4 Å². The summed E-state index contributed by atoms with van der Waals surface area (Å²) < 4.78 is 41.1. The van der Waals surface area contributed by atoms with Crippen LogP contribution in [0, 0.1) is 0 Å². The molecule has 0 radical (unpaired) electrons. The molecule has 7 heteroatoms. The Balaban J connectivity index is 2.99. The number of sulfone groups is 1. The summed E-state index contributed by atoms with van der Waals surface area (Å²) in [6, 6.07) is 5.07. The molecule has 0 spiro atoms. The normalized spacial score (nSPS) is 15.2. The first-order valence-corrected chi connectivity index (χ1v) is 7.39. The van der Waals surface area contributed by atoms with Gasteiger partial charge >= 0.3 is 0 Å². The van der Waals surface area contributed by atoms with Crippen LogP contribution in [-0.2, 0) is 14.6 Å². The van der Waals surface area contributed by atoms with Gasteiger partial charge in [-0.15, -0.1) is 0 Å². The predicted octanol–water partition coefficient (Wildman–Crippen LogP) is 0.437. The highest BCUT2D eigenvalue weighted by atomic mass is 32.2. The van der Waals surface area contributed by atoms with E-state index in [1.54, 1.807) is 0 Å². The van der Waals surface area contributed by atoms with Crippen LogP contribution in [0.2, 0.25) is 0 Å². The summed E-state index contributed by atoms with van der Waals surface area (Å²) in [7, 11) is -2.07. The number of halogens is 1. The molecule has 3 N–H and O–H groups in total. The van der Waals surface area contributed by atoms with E-state index in [1.165, 1.54) is 31.4 Å². The van der Waals surface area contributed by atoms with Crippen LogP contribution >= 0.6 is 0 Å². The molecule has 1 aromatic rings. The molecule has 0 aliphatic heterocycles. The van der Waals surface area contributed by atoms with E-state index >= 15 is 0 Å². The van der Waals surface area contributed by atoms with Gasteiger partial charge in [0.15, 0.2) is 9.84 Å². The fourth-order valence-corrected chi connectivity index (χ4v) is 2.77. The van der Waals surface area contributed by atoms with Crippen molar-refractivity contribution in [3.63, 3.8) is 0 Å². The average molecular weight is 291 g/mol. The monoisotopic (exact) mass is 291 g/mol. The highest BCUT2D eigenvalue weighted by Crippen LogP contribution is 2.22. The Bertz CT molecular complexity index is 489. The molecule has 0 saturated heterocycles. The van der Waals surface area contributed by atoms with Crippen LogP contribution in [0.4, 0.5) is 4.39 Å². The van der Waals surface area contributed by atoms with Crippen molar-refractivity contribution in [3.05, 3.63) is 29.8 Å². The highest BCUT2D eigenvalue weighted by Gasteiger charge is 2.20. The maximum absolute atomic E-state index is 12.5. The lowest BCUT2D eigenvalue weighted by atomic mass is 10.0. The molecular formula is C12H18FNO4S. The summed E-state index contributed by atoms with van der Waals surface area (Å²) in [4.78, 5) is 0.106. The van der Waals surface area contributed by atoms with Crippen molar-refractivity contribution in [2.45, 2.75) is 17.0 Å². The van der Waals surface area contributed by atoms with Crippen molar-refractivity contribution in [3.8, 4) is 0 Å². The summed E-state index contributed by atoms with van der Waals surface area (Å²) in [5, 5.41) is 8.69. The molecule has 0 aliphatic carbocycles. The predicted molar refractivity (Wildman–Crippen MR) is 69.3 cm³/mol. The van der Waals surface area contributed by atoms with Crippen LogP contribution in [0.15, 0.2) is 29.2 Å². The number of methoxy groups -OCH3 is 1. The molecule has 0 saturated carbocycles. The third-order valence-electron chi connectivity index (χ3n) is 2.75. The Kier molecular flexibility index (Phi) is 5.86. The number of ether oxygens (including phenoxy) is 1. The van der Waals surface area contributed by atoms with Crippen LogP contribution < -0.4 is 5.73 Å². The zero-order valence-electron chi connectivity index (χ0n) is 10.6. The Morgan fingerprint density at radius 1 is 1.37 bits per heavy atom. The zero-order chi connectivity index (χ0) is 14.5. The molecule has 1 aromatic carbocycles. The minimum Gasteiger partial charge on any atom is -0.395 e. The van der Waals surface area contributed by atoms with Gasteiger partial charge in [-0.1, -0.05) is 12.1 Å². The van der Waals surface area contributed by atoms with Gasteiger partial charge in [0.2, 0.25) is 0 Å². The zero-order valence-corrected chi connectivity index (χ0v) is 11.4. The standard InChI is InChI=1S/C12H18FNO4S/c1-18-12(11(14)8-13)9-2-4-10(5-3-9)19(16,17)7-6-15/h2-5,11-12,15H,6-8,14H2,1H3/t11-,12-/m1/s1. The van der Waals surface area contributed by atoms with Gasteiger partial charge in [-0.25, -0.2) is 12.8 Å². The third-order valence-corrected chi connectivity index (χ3v) is 4.46. The number of hydrogen-bond donors (Lipinski definition) is 2. The molecule has 5 nitrogen and oxygen atoms in total. The fraction of sp³-hybridized carbons (Fsp3) is 0.500. The topological polar surface area (TPSA) is 89.6 Å². The average Bonchev–Trinajstić information content (AvgIpc) is 2.40. The Hall–Kier alpha value is -1.02. The van der Waals surface area contributed by atoms with E-state index in [0.29, 0.717) is 5.56 Å². The van der Waals surface area contributed by atoms with E-state index in [9.17, 15) is 12.8 Å². The number of hydrogen-bond acceptors (Lipinski definition) is 5. The third kappa shape index (κ3) is 3.97. The Morgan fingerprint density at radius 2 is 1.95 bits per heavy atom. The molecule has 0 amide bonds. The number of rotatable bonds is 7. The first kappa shape index (κ1) is 16.0. The van der Waals surface area contributed by atoms with Crippen molar-refractivity contribution < 1.29 is 22.7 Å². The molecular weight excluding hydrogens is 273 g/mol. The van der Waals surface area contributed by atoms with Crippen molar-refractivity contribution >= 4 is 9.84 Å². The molecule has 0 aromatic heterocycles. The van der Waals surface area contributed by atoms with E-state index in [4.69, 9.17) is 15.6 Å². The first-order chi connectivity index (χ1) is 8.96. The van der Waals surface area contributed by atoms with Crippen molar-refractivity contribution in [2.75, 3.05) is 26.1 Å². The van der Waals surface area contributed by atoms with E-state index in [2.05, 4.69) is 0 Å². The number of aliphatic hydroxyl groups excluding tert-OH is 1. The molecule has 0 heterocycles. The van der Waals surface area contributed by atoms with Gasteiger partial charge in [0.25, 0.3) is 0 Å². The number of aliphatic hydroxyl groups is 1. The largest absolute Gasteiger partial charge is 0.395 e. The molecule has 19 heavy (non-hydrogen) atoms. The second-order valence-corrected chi connectivity index (χ2v) is 6.20. The van der Waals surface area contributed by atoms with Crippen LogP contribution in [-0.4, -0.2) is 45.7 Å². The van der Waals surface area contributed by atoms with Gasteiger partial charge in [-0.3, -0.25) is 0 Å². The van der Waals surface area contributed by atoms with Crippen LogP contribution in [0.1, 0.15) is 11.7 Å². The summed E-state index contributed by atoms with van der Waals surface area (Å²) in [6.07, 6.45) is -0.625. The smallest absolute Gasteiger partial charge is 0.180 e. The molecule has 0 aliphatic rings. The maximum Gasteiger partial charge on any atom is 0.180 e. The maximum atomic E-state index is 12.5. The first-order valence-electron chi connectivity index (χ1n) is 5.74. The van der Waals surface area contributed by atoms with Gasteiger partial charge in [-0.2, -0.15) is 0 Å². The Labute approximate surface area is 112 Å². The highest BCUT2D eigenvalue weighted by molar-refractivity contribution is 7.91. The van der Waals surface area contributed by atoms with Gasteiger partial charge in [0.1, 0.15) is 6.67 Å². The van der Waals surface area contributed by atoms with Crippen LogP contribution in [0.3, 0.4) is 0 Å². The molecule has 1 rings (SSSR count). The van der Waals surface area contributed by atoms with Crippen LogP contribution in [0.25, 0.3) is 0 Å². The van der Waals surface area contributed by atoms with Gasteiger partial charge < -0.3 is 15.6 Å². The summed E-state index contributed by atoms with van der Waals surface area (Å²) in [6.45, 7) is -1.17. The summed E-state index contributed by atoms with van der Waals surface area (Å²) in [5.74, 6) is -0.329. The van der Waals surface area contributed by atoms with Crippen molar-refractivity contribution in [1.29, 1.82) is 0 Å². The van der Waals surface area contributed by atoms with Gasteiger partial charge in [-0.05, 0) is 17.7 Å². The lowest BCUT2D eigenvalue weighted by Gasteiger charge is -2.20. The second-order valence-electron chi connectivity index (χ2n) is 4.09.